The van der Waals surface area contributed by atoms with Crippen LogP contribution in [0.2, 0.25) is 0 Å². The Kier molecular flexibility index (Phi) is 3.82. The summed E-state index contributed by atoms with van der Waals surface area (Å²) in [6, 6.07) is 3.84. The van der Waals surface area contributed by atoms with E-state index in [2.05, 4.69) is 0 Å². The molecule has 0 atom stereocenters. The van der Waals surface area contributed by atoms with E-state index >= 15 is 0 Å². The van der Waals surface area contributed by atoms with E-state index in [9.17, 15) is 19.5 Å². The van der Waals surface area contributed by atoms with Crippen LogP contribution in [0.3, 0.4) is 0 Å². The molecule has 0 saturated carbocycles. The molecule has 0 unspecified atom stereocenters. The van der Waals surface area contributed by atoms with Crippen molar-refractivity contribution in [2.75, 3.05) is 0 Å². The van der Waals surface area contributed by atoms with Gasteiger partial charge in [0.25, 0.3) is 0 Å². The Morgan fingerprint density at radius 3 is 2.12 bits per heavy atom. The van der Waals surface area contributed by atoms with Crippen molar-refractivity contribution in [3.05, 3.63) is 23.8 Å². The van der Waals surface area contributed by atoms with Gasteiger partial charge in [0, 0.05) is 13.8 Å². The lowest BCUT2D eigenvalue weighted by Crippen LogP contribution is -2.10. The summed E-state index contributed by atoms with van der Waals surface area (Å²) in [5, 5.41) is 10.8. The van der Waals surface area contributed by atoms with Gasteiger partial charge in [-0.2, -0.15) is 0 Å². The van der Waals surface area contributed by atoms with Crippen LogP contribution in [0.15, 0.2) is 18.2 Å². The van der Waals surface area contributed by atoms with Crippen molar-refractivity contribution >= 4 is 17.9 Å². The molecule has 0 saturated heterocycles. The van der Waals surface area contributed by atoms with Gasteiger partial charge in [0.05, 0.1) is 0 Å². The van der Waals surface area contributed by atoms with Crippen molar-refractivity contribution in [3.63, 3.8) is 0 Å². The molecule has 1 aromatic rings. The van der Waals surface area contributed by atoms with Gasteiger partial charge in [-0.1, -0.05) is 6.07 Å². The van der Waals surface area contributed by atoms with Crippen LogP contribution in [0.25, 0.3) is 0 Å². The van der Waals surface area contributed by atoms with Gasteiger partial charge in [0.15, 0.2) is 11.5 Å². The molecule has 1 radical (unpaired) electrons. The maximum Gasteiger partial charge on any atom is 0.390 e. The first-order valence-corrected chi connectivity index (χ1v) is 4.63. The molecule has 17 heavy (non-hydrogen) atoms. The molecule has 0 fully saturated rings. The molecule has 1 aromatic carbocycles. The number of carbonyl (C=O) groups is 3. The van der Waals surface area contributed by atoms with Gasteiger partial charge in [0.2, 0.25) is 0 Å². The zero-order chi connectivity index (χ0) is 13.0. The van der Waals surface area contributed by atoms with Gasteiger partial charge in [0.1, 0.15) is 5.56 Å². The minimum absolute atomic E-state index is 0.144. The van der Waals surface area contributed by atoms with E-state index in [1.807, 2.05) is 0 Å². The molecule has 6 nitrogen and oxygen atoms in total. The van der Waals surface area contributed by atoms with Crippen molar-refractivity contribution in [2.24, 2.45) is 0 Å². The number of carbonyl (C=O) groups excluding carboxylic acids is 3. The maximum atomic E-state index is 10.8. The van der Waals surface area contributed by atoms with Crippen molar-refractivity contribution in [2.45, 2.75) is 13.8 Å². The fourth-order valence-corrected chi connectivity index (χ4v) is 1.16. The zero-order valence-corrected chi connectivity index (χ0v) is 9.18. The number of rotatable bonds is 3. The molecule has 1 rings (SSSR count). The van der Waals surface area contributed by atoms with E-state index < -0.39 is 17.9 Å². The summed E-state index contributed by atoms with van der Waals surface area (Å²) < 4.78 is 9.43. The SMILES string of the molecule is CC(=O)Oc1cccc(C(=O)[5O])c1OC(C)=O. The Balaban J connectivity index is 3.28. The first kappa shape index (κ1) is 12.7. The largest absolute Gasteiger partial charge is 0.423 e. The molecule has 0 bridgehead atoms. The smallest absolute Gasteiger partial charge is 0.390 e. The van der Waals surface area contributed by atoms with E-state index in [1.54, 1.807) is 0 Å². The van der Waals surface area contributed by atoms with Crippen LogP contribution in [0.1, 0.15) is 24.2 Å². The molecular weight excluding hydrogens is 217 g/mol. The third kappa shape index (κ3) is 3.30. The fraction of sp³-hybridized carbons (Fsp3) is 0.182. The summed E-state index contributed by atoms with van der Waals surface area (Å²) in [7, 11) is 0. The van der Waals surface area contributed by atoms with Gasteiger partial charge in [-0.05, 0) is 12.1 Å². The molecule has 6 heteroatoms. The van der Waals surface area contributed by atoms with Gasteiger partial charge in [-0.15, -0.1) is 0 Å². The molecular formula is C11H9O6. The second-order valence-corrected chi connectivity index (χ2v) is 3.11. The third-order valence-electron chi connectivity index (χ3n) is 1.70. The van der Waals surface area contributed by atoms with E-state index in [-0.39, 0.29) is 17.1 Å². The number of esters is 2. The monoisotopic (exact) mass is 226 g/mol. The topological polar surface area (TPSA) is 89.6 Å². The van der Waals surface area contributed by atoms with E-state index in [0.717, 1.165) is 13.8 Å². The number of benzene rings is 1. The van der Waals surface area contributed by atoms with Gasteiger partial charge in [-0.3, -0.25) is 9.59 Å². The van der Waals surface area contributed by atoms with Crippen LogP contribution in [0, 0.1) is 0 Å². The minimum atomic E-state index is -1.53. The van der Waals surface area contributed by atoms with Gasteiger partial charge in [-0.25, -0.2) is 9.90 Å². The Labute approximate surface area is 96.8 Å². The third-order valence-corrected chi connectivity index (χ3v) is 1.70. The highest BCUT2D eigenvalue weighted by molar-refractivity contribution is 5.93. The average Bonchev–Trinajstić information content (AvgIpc) is 2.18. The summed E-state index contributed by atoms with van der Waals surface area (Å²) in [5.41, 5.74) is -0.362. The summed E-state index contributed by atoms with van der Waals surface area (Å²) >= 11 is 0. The number of ether oxygens (including phenoxy) is 2. The molecule has 0 aliphatic carbocycles. The van der Waals surface area contributed by atoms with E-state index in [4.69, 9.17) is 9.47 Å². The summed E-state index contributed by atoms with van der Waals surface area (Å²) in [5.74, 6) is -3.40. The summed E-state index contributed by atoms with van der Waals surface area (Å²) in [6.45, 7) is 2.24. The Morgan fingerprint density at radius 2 is 1.65 bits per heavy atom. The van der Waals surface area contributed by atoms with Crippen LogP contribution >= 0.6 is 0 Å². The Morgan fingerprint density at radius 1 is 1.06 bits per heavy atom. The first-order valence-electron chi connectivity index (χ1n) is 4.63. The molecule has 0 aliphatic rings. The number of para-hydroxylation sites is 1. The standard InChI is InChI=1S/C11H9O6/c1-6(12)16-9-5-3-4-8(11(14)15)10(9)17-7(2)13/h3-5H,1-2H3/i14-11. The second-order valence-electron chi connectivity index (χ2n) is 3.11. The average molecular weight is 226 g/mol. The predicted molar refractivity (Wildman–Crippen MR) is 54.1 cm³/mol. The zero-order valence-electron chi connectivity index (χ0n) is 9.18. The van der Waals surface area contributed by atoms with Crippen LogP contribution in [0.4, 0.5) is 0 Å². The molecule has 0 amide bonds. The lowest BCUT2D eigenvalue weighted by molar-refractivity contribution is -0.134. The summed E-state index contributed by atoms with van der Waals surface area (Å²) in [6.07, 6.45) is 0. The number of hydrogen-bond donors (Lipinski definition) is 0. The van der Waals surface area contributed by atoms with Crippen LogP contribution < -0.4 is 9.47 Å². The maximum absolute atomic E-state index is 10.8. The van der Waals surface area contributed by atoms with Crippen molar-refractivity contribution in [3.8, 4) is 11.5 Å². The van der Waals surface area contributed by atoms with Crippen molar-refractivity contribution < 1.29 is 29.0 Å². The summed E-state index contributed by atoms with van der Waals surface area (Å²) in [4.78, 5) is 32.5. The Bertz CT molecular complexity index is 477. The normalized spacial score (nSPS) is 9.53. The second kappa shape index (κ2) is 5.11. The highest BCUT2D eigenvalue weighted by Gasteiger charge is 2.20. The fourth-order valence-electron chi connectivity index (χ4n) is 1.16. The van der Waals surface area contributed by atoms with E-state index in [0.29, 0.717) is 0 Å². The van der Waals surface area contributed by atoms with E-state index in [1.165, 1.54) is 18.2 Å². The van der Waals surface area contributed by atoms with Gasteiger partial charge >= 0.3 is 17.9 Å². The molecule has 0 N–H and O–H groups in total. The molecule has 0 aromatic heterocycles. The minimum Gasteiger partial charge on any atom is -0.423 e. The van der Waals surface area contributed by atoms with Crippen LogP contribution in [-0.4, -0.2) is 17.9 Å². The molecule has 0 aliphatic heterocycles. The quantitative estimate of drug-likeness (QED) is 0.568. The lowest BCUT2D eigenvalue weighted by atomic mass is 4.86. The molecule has 0 spiro atoms. The molecule has 0 heterocycles. The van der Waals surface area contributed by atoms with Crippen LogP contribution in [-0.2, 0) is 14.7 Å². The predicted octanol–water partition coefficient (Wildman–Crippen LogP) is 1.11. The highest BCUT2D eigenvalue weighted by atomic mass is 16.6. The van der Waals surface area contributed by atoms with Crippen LogP contribution in [0.5, 0.6) is 11.5 Å². The van der Waals surface area contributed by atoms with Crippen molar-refractivity contribution in [1.82, 2.24) is 0 Å². The van der Waals surface area contributed by atoms with Gasteiger partial charge < -0.3 is 9.47 Å². The first-order chi connectivity index (χ1) is 7.91. The Hall–Kier alpha value is -2.37. The van der Waals surface area contributed by atoms with Crippen molar-refractivity contribution in [1.29, 1.82) is 0 Å². The highest BCUT2D eigenvalue weighted by Crippen LogP contribution is 2.31. The lowest BCUT2D eigenvalue weighted by Gasteiger charge is -2.09. The molecule has 89 valence electrons. The number of hydrogen-bond acceptors (Lipinski definition) is 5.